The first-order chi connectivity index (χ1) is 17.7. The molecule has 0 aromatic rings. The van der Waals surface area contributed by atoms with Crippen LogP contribution >= 0.6 is 0 Å². The topological polar surface area (TPSA) is 149 Å². The van der Waals surface area contributed by atoms with Crippen LogP contribution in [0, 0.1) is 0 Å². The molecule has 2 N–H and O–H groups in total. The van der Waals surface area contributed by atoms with Crippen LogP contribution in [0.5, 0.6) is 0 Å². The average molecular weight is 532 g/mol. The molecule has 0 aromatic carbocycles. The highest BCUT2D eigenvalue weighted by molar-refractivity contribution is 5.77. The molecule has 0 atom stereocenters. The Morgan fingerprint density at radius 2 is 0.833 bits per heavy atom. The molecule has 14 heteroatoms. The minimum Gasteiger partial charge on any atom is -0.480 e. The van der Waals surface area contributed by atoms with Gasteiger partial charge < -0.3 is 53.1 Å². The van der Waals surface area contributed by atoms with Crippen LogP contribution in [0.2, 0.25) is 0 Å². The van der Waals surface area contributed by atoms with Gasteiger partial charge in [0, 0.05) is 6.54 Å². The molecule has 0 saturated carbocycles. The smallest absolute Gasteiger partial charge is 0.329 e. The predicted molar refractivity (Wildman–Crippen MR) is 124 cm³/mol. The van der Waals surface area contributed by atoms with Crippen molar-refractivity contribution in [3.05, 3.63) is 0 Å². The molecule has 1 amide bonds. The number of carboxylic acid groups (broad SMARTS) is 1. The lowest BCUT2D eigenvalue weighted by atomic mass is 10.6. The fraction of sp³-hybridized carbons (Fsp3) is 0.909. The largest absolute Gasteiger partial charge is 0.480 e. The van der Waals surface area contributed by atoms with Crippen LogP contribution in [0.15, 0.2) is 0 Å². The van der Waals surface area contributed by atoms with E-state index in [0.29, 0.717) is 106 Å². The summed E-state index contributed by atoms with van der Waals surface area (Å²) in [5.74, 6) is -1.52. The zero-order chi connectivity index (χ0) is 26.4. The van der Waals surface area contributed by atoms with Crippen LogP contribution in [0.1, 0.15) is 0 Å². The molecule has 0 aliphatic carbocycles. The lowest BCUT2D eigenvalue weighted by Gasteiger charge is -2.09. The van der Waals surface area contributed by atoms with E-state index >= 15 is 0 Å². The van der Waals surface area contributed by atoms with Gasteiger partial charge in [-0.15, -0.1) is 0 Å². The molecule has 13 nitrogen and oxygen atoms in total. The summed E-state index contributed by atoms with van der Waals surface area (Å²) in [5, 5.41) is 10.9. The summed E-state index contributed by atoms with van der Waals surface area (Å²) in [7, 11) is 0. The van der Waals surface area contributed by atoms with Gasteiger partial charge in [0.2, 0.25) is 5.91 Å². The number of carbonyl (C=O) groups is 2. The van der Waals surface area contributed by atoms with E-state index in [-0.39, 0.29) is 13.2 Å². The third-order valence-corrected chi connectivity index (χ3v) is 3.85. The molecule has 0 saturated heterocycles. The quantitative estimate of drug-likeness (QED) is 0.113. The van der Waals surface area contributed by atoms with Crippen molar-refractivity contribution in [2.24, 2.45) is 0 Å². The predicted octanol–water partition coefficient (Wildman–Crippen LogP) is -0.694. The molecule has 0 aromatic heterocycles. The van der Waals surface area contributed by atoms with Crippen molar-refractivity contribution >= 4 is 11.9 Å². The van der Waals surface area contributed by atoms with E-state index in [1.165, 1.54) is 0 Å². The first-order valence-corrected chi connectivity index (χ1v) is 11.9. The molecule has 0 rings (SSSR count). The van der Waals surface area contributed by atoms with Crippen molar-refractivity contribution in [3.8, 4) is 0 Å². The Morgan fingerprint density at radius 3 is 1.17 bits per heavy atom. The number of alkyl halides is 1. The molecule has 0 heterocycles. The summed E-state index contributed by atoms with van der Waals surface area (Å²) in [6.45, 7) is 5.60. The van der Waals surface area contributed by atoms with Crippen LogP contribution in [0.3, 0.4) is 0 Å². The van der Waals surface area contributed by atoms with Gasteiger partial charge in [0.1, 0.15) is 19.9 Å². The summed E-state index contributed by atoms with van der Waals surface area (Å²) >= 11 is 0. The molecule has 36 heavy (non-hydrogen) atoms. The number of ether oxygens (including phenoxy) is 9. The maximum absolute atomic E-state index is 11.8. The monoisotopic (exact) mass is 531 g/mol. The highest BCUT2D eigenvalue weighted by Crippen LogP contribution is 1.86. The van der Waals surface area contributed by atoms with Gasteiger partial charge in [-0.25, -0.2) is 9.18 Å². The van der Waals surface area contributed by atoms with E-state index in [0.717, 1.165) is 0 Å². The Balaban J connectivity index is 3.09. The van der Waals surface area contributed by atoms with Crippen LogP contribution in [-0.2, 0) is 52.2 Å². The third kappa shape index (κ3) is 30.5. The van der Waals surface area contributed by atoms with Crippen LogP contribution in [0.25, 0.3) is 0 Å². The van der Waals surface area contributed by atoms with E-state index in [9.17, 15) is 14.0 Å². The van der Waals surface area contributed by atoms with Crippen LogP contribution < -0.4 is 5.32 Å². The first kappa shape index (κ1) is 34.5. The van der Waals surface area contributed by atoms with Crippen LogP contribution in [-0.4, -0.2) is 149 Å². The second-order valence-electron chi connectivity index (χ2n) is 6.82. The van der Waals surface area contributed by atoms with Gasteiger partial charge in [-0.2, -0.15) is 0 Å². The Hall–Kier alpha value is -1.49. The van der Waals surface area contributed by atoms with Crippen molar-refractivity contribution in [3.63, 3.8) is 0 Å². The molecular formula is C22H42FNO12. The van der Waals surface area contributed by atoms with Crippen molar-refractivity contribution in [2.75, 3.05) is 132 Å². The van der Waals surface area contributed by atoms with Gasteiger partial charge in [0.15, 0.2) is 0 Å². The summed E-state index contributed by atoms with van der Waals surface area (Å²) < 4.78 is 58.8. The molecule has 214 valence electrons. The summed E-state index contributed by atoms with van der Waals surface area (Å²) in [6.07, 6.45) is 0. The van der Waals surface area contributed by atoms with Gasteiger partial charge in [0.05, 0.1) is 106 Å². The standard InChI is InChI=1S/C22H42FNO12/c23-1-3-28-5-7-30-9-11-32-13-15-34-17-18-35-16-14-33-12-10-31-8-6-29-4-2-24-21(25)19-36-20-22(26)27/h1-20H2,(H,24,25)(H,26,27). The van der Waals surface area contributed by atoms with Crippen LogP contribution in [0.4, 0.5) is 4.39 Å². The summed E-state index contributed by atoms with van der Waals surface area (Å²) in [4.78, 5) is 21.5. The van der Waals surface area contributed by atoms with E-state index in [4.69, 9.17) is 43.0 Å². The number of rotatable bonds is 30. The summed E-state index contributed by atoms with van der Waals surface area (Å²) in [5.41, 5.74) is 0. The van der Waals surface area contributed by atoms with Crippen molar-refractivity contribution in [1.29, 1.82) is 0 Å². The Kier molecular flexibility index (Phi) is 28.5. The molecule has 0 aliphatic rings. The second kappa shape index (κ2) is 29.7. The number of hydrogen-bond acceptors (Lipinski definition) is 11. The maximum atomic E-state index is 11.8. The zero-order valence-electron chi connectivity index (χ0n) is 21.0. The third-order valence-electron chi connectivity index (χ3n) is 3.85. The van der Waals surface area contributed by atoms with Gasteiger partial charge >= 0.3 is 5.97 Å². The molecule has 0 radical (unpaired) electrons. The Bertz CT molecular complexity index is 490. The fourth-order valence-corrected chi connectivity index (χ4v) is 2.24. The maximum Gasteiger partial charge on any atom is 0.329 e. The molecule has 0 fully saturated rings. The number of amides is 1. The van der Waals surface area contributed by atoms with Gasteiger partial charge in [-0.05, 0) is 0 Å². The number of carbonyl (C=O) groups excluding carboxylic acids is 1. The normalized spacial score (nSPS) is 11.1. The average Bonchev–Trinajstić information content (AvgIpc) is 2.86. The van der Waals surface area contributed by atoms with E-state index < -0.39 is 25.2 Å². The second-order valence-corrected chi connectivity index (χ2v) is 6.82. The minimum absolute atomic E-state index is 0.103. The minimum atomic E-state index is -1.12. The number of carboxylic acids is 1. The lowest BCUT2D eigenvalue weighted by Crippen LogP contribution is -2.31. The Morgan fingerprint density at radius 1 is 0.500 bits per heavy atom. The van der Waals surface area contributed by atoms with Crippen molar-refractivity contribution < 1.29 is 61.7 Å². The number of halogens is 1. The summed E-state index contributed by atoms with van der Waals surface area (Å²) in [6, 6.07) is 0. The van der Waals surface area contributed by atoms with Gasteiger partial charge in [0.25, 0.3) is 0 Å². The van der Waals surface area contributed by atoms with E-state index in [1.807, 2.05) is 0 Å². The molecular weight excluding hydrogens is 489 g/mol. The van der Waals surface area contributed by atoms with Gasteiger partial charge in [-0.3, -0.25) is 4.79 Å². The van der Waals surface area contributed by atoms with E-state index in [2.05, 4.69) is 10.1 Å². The molecule has 0 spiro atoms. The molecule has 0 aliphatic heterocycles. The SMILES string of the molecule is O=C(O)COCC(=O)NCCOCCOCCOCCOCCOCCOCCOCCOCCF. The molecule has 0 unspecified atom stereocenters. The first-order valence-electron chi connectivity index (χ1n) is 11.9. The number of aliphatic carboxylic acids is 1. The zero-order valence-corrected chi connectivity index (χ0v) is 21.0. The fourth-order valence-electron chi connectivity index (χ4n) is 2.24. The number of hydrogen-bond donors (Lipinski definition) is 2. The van der Waals surface area contributed by atoms with Gasteiger partial charge in [-0.1, -0.05) is 0 Å². The van der Waals surface area contributed by atoms with Crippen molar-refractivity contribution in [2.45, 2.75) is 0 Å². The van der Waals surface area contributed by atoms with E-state index in [1.54, 1.807) is 0 Å². The van der Waals surface area contributed by atoms with Crippen molar-refractivity contribution in [1.82, 2.24) is 5.32 Å². The highest BCUT2D eigenvalue weighted by Gasteiger charge is 2.03. The molecule has 0 bridgehead atoms. The highest BCUT2D eigenvalue weighted by atomic mass is 19.1. The number of nitrogens with one attached hydrogen (secondary N) is 1. The lowest BCUT2D eigenvalue weighted by molar-refractivity contribution is -0.143. The Labute approximate surface area is 211 Å².